The fourth-order valence-corrected chi connectivity index (χ4v) is 3.34. The molecule has 0 aliphatic rings. The average Bonchev–Trinajstić information content (AvgIpc) is 2.96. The molecular formula is C19H19NO3S. The molecule has 2 aromatic carbocycles. The molecule has 0 bridgehead atoms. The van der Waals surface area contributed by atoms with Gasteiger partial charge in [-0.25, -0.2) is 8.42 Å². The molecule has 0 N–H and O–H groups in total. The van der Waals surface area contributed by atoms with Crippen LogP contribution in [0.4, 0.5) is 0 Å². The Balaban J connectivity index is 2.06. The zero-order chi connectivity index (χ0) is 17.3. The maximum Gasteiger partial charge on any atom is 0.175 e. The summed E-state index contributed by atoms with van der Waals surface area (Å²) in [6.45, 7) is 2.04. The quantitative estimate of drug-likeness (QED) is 0.724. The molecule has 0 aliphatic heterocycles. The van der Waals surface area contributed by atoms with Crippen molar-refractivity contribution in [2.45, 2.75) is 11.8 Å². The number of ether oxygens (including phenoxy) is 1. The van der Waals surface area contributed by atoms with Gasteiger partial charge in [-0.2, -0.15) is 0 Å². The summed E-state index contributed by atoms with van der Waals surface area (Å²) in [5.74, 6) is 0.808. The lowest BCUT2D eigenvalue weighted by molar-refractivity contribution is 0.414. The molecular weight excluding hydrogens is 322 g/mol. The smallest absolute Gasteiger partial charge is 0.175 e. The fourth-order valence-electron chi connectivity index (χ4n) is 2.71. The number of methoxy groups -OCH3 is 1. The Bertz CT molecular complexity index is 953. The van der Waals surface area contributed by atoms with Crippen molar-refractivity contribution in [1.82, 2.24) is 4.57 Å². The molecule has 3 rings (SSSR count). The van der Waals surface area contributed by atoms with E-state index >= 15 is 0 Å². The van der Waals surface area contributed by atoms with Gasteiger partial charge in [0.2, 0.25) is 0 Å². The molecule has 1 aromatic heterocycles. The fraction of sp³-hybridized carbons (Fsp3) is 0.158. The van der Waals surface area contributed by atoms with Crippen molar-refractivity contribution in [2.24, 2.45) is 0 Å². The van der Waals surface area contributed by atoms with Crippen LogP contribution in [0.15, 0.2) is 65.6 Å². The average molecular weight is 341 g/mol. The number of nitrogens with zero attached hydrogens (tertiary/aromatic N) is 1. The van der Waals surface area contributed by atoms with Crippen molar-refractivity contribution in [3.05, 3.63) is 66.4 Å². The summed E-state index contributed by atoms with van der Waals surface area (Å²) in [7, 11) is -1.54. The Labute approximate surface area is 142 Å². The van der Waals surface area contributed by atoms with Gasteiger partial charge in [0.15, 0.2) is 9.84 Å². The highest BCUT2D eigenvalue weighted by Gasteiger charge is 2.12. The van der Waals surface area contributed by atoms with Gasteiger partial charge in [0.1, 0.15) is 5.75 Å². The van der Waals surface area contributed by atoms with E-state index in [0.29, 0.717) is 4.90 Å². The van der Waals surface area contributed by atoms with Crippen molar-refractivity contribution in [3.63, 3.8) is 0 Å². The van der Waals surface area contributed by atoms with Crippen molar-refractivity contribution >= 4 is 9.84 Å². The van der Waals surface area contributed by atoms with Crippen molar-refractivity contribution in [3.8, 4) is 22.7 Å². The number of sulfone groups is 1. The molecule has 0 spiro atoms. The van der Waals surface area contributed by atoms with Crippen LogP contribution >= 0.6 is 0 Å². The lowest BCUT2D eigenvalue weighted by Gasteiger charge is -2.13. The lowest BCUT2D eigenvalue weighted by atomic mass is 10.1. The van der Waals surface area contributed by atoms with Crippen LogP contribution in [0.25, 0.3) is 16.9 Å². The Morgan fingerprint density at radius 2 is 1.50 bits per heavy atom. The number of hydrogen-bond donors (Lipinski definition) is 0. The zero-order valence-electron chi connectivity index (χ0n) is 13.9. The van der Waals surface area contributed by atoms with E-state index in [0.717, 1.165) is 28.4 Å². The van der Waals surface area contributed by atoms with Crippen LogP contribution in [-0.4, -0.2) is 26.4 Å². The molecule has 4 nitrogen and oxygen atoms in total. The predicted molar refractivity (Wildman–Crippen MR) is 95.6 cm³/mol. The normalized spacial score (nSPS) is 11.5. The summed E-state index contributed by atoms with van der Waals surface area (Å²) in [4.78, 5) is 0.325. The topological polar surface area (TPSA) is 48.3 Å². The van der Waals surface area contributed by atoms with Crippen LogP contribution in [0.2, 0.25) is 0 Å². The van der Waals surface area contributed by atoms with Gasteiger partial charge in [-0.05, 0) is 61.0 Å². The number of aromatic nitrogens is 1. The van der Waals surface area contributed by atoms with Gasteiger partial charge in [-0.3, -0.25) is 0 Å². The predicted octanol–water partition coefficient (Wildman–Crippen LogP) is 3.86. The Morgan fingerprint density at radius 1 is 0.875 bits per heavy atom. The molecule has 0 fully saturated rings. The van der Waals surface area contributed by atoms with Crippen LogP contribution in [0.5, 0.6) is 5.75 Å². The van der Waals surface area contributed by atoms with Gasteiger partial charge < -0.3 is 9.30 Å². The SMILES string of the molecule is COc1ccc(-n2c(C)ccc2-c2ccc(S(C)(=O)=O)cc2)cc1. The second kappa shape index (κ2) is 6.17. The molecule has 0 saturated heterocycles. The standard InChI is InChI=1S/C19H19NO3S/c1-14-4-13-19(15-5-11-18(12-6-15)24(3,21)22)20(14)16-7-9-17(23-2)10-8-16/h4-13H,1-3H3. The number of hydrogen-bond acceptors (Lipinski definition) is 3. The first-order valence-corrected chi connectivity index (χ1v) is 9.42. The molecule has 3 aromatic rings. The summed E-state index contributed by atoms with van der Waals surface area (Å²) in [5, 5.41) is 0. The van der Waals surface area contributed by atoms with Crippen molar-refractivity contribution in [2.75, 3.05) is 13.4 Å². The summed E-state index contributed by atoms with van der Waals surface area (Å²) in [6.07, 6.45) is 1.21. The van der Waals surface area contributed by atoms with E-state index in [-0.39, 0.29) is 0 Å². The van der Waals surface area contributed by atoms with Crippen molar-refractivity contribution in [1.29, 1.82) is 0 Å². The molecule has 124 valence electrons. The van der Waals surface area contributed by atoms with Crippen LogP contribution < -0.4 is 4.74 Å². The molecule has 0 radical (unpaired) electrons. The highest BCUT2D eigenvalue weighted by atomic mass is 32.2. The molecule has 0 atom stereocenters. The first-order chi connectivity index (χ1) is 11.4. The van der Waals surface area contributed by atoms with Gasteiger partial charge in [0.25, 0.3) is 0 Å². The van der Waals surface area contributed by atoms with Gasteiger partial charge in [0, 0.05) is 17.6 Å². The zero-order valence-corrected chi connectivity index (χ0v) is 14.7. The molecule has 5 heteroatoms. The Kier molecular flexibility index (Phi) is 4.20. The first kappa shape index (κ1) is 16.3. The number of aryl methyl sites for hydroxylation is 1. The Morgan fingerprint density at radius 3 is 2.04 bits per heavy atom. The van der Waals surface area contributed by atoms with E-state index in [1.807, 2.05) is 55.5 Å². The third-order valence-electron chi connectivity index (χ3n) is 3.98. The maximum absolute atomic E-state index is 11.6. The number of rotatable bonds is 4. The molecule has 0 aliphatic carbocycles. The maximum atomic E-state index is 11.6. The van der Waals surface area contributed by atoms with Crippen molar-refractivity contribution < 1.29 is 13.2 Å². The summed E-state index contributed by atoms with van der Waals surface area (Å²) in [6, 6.07) is 18.9. The monoisotopic (exact) mass is 341 g/mol. The van der Waals surface area contributed by atoms with Crippen LogP contribution in [0.1, 0.15) is 5.69 Å². The largest absolute Gasteiger partial charge is 0.497 e. The molecule has 1 heterocycles. The van der Waals surface area contributed by atoms with E-state index in [1.165, 1.54) is 6.26 Å². The summed E-state index contributed by atoms with van der Waals surface area (Å²) < 4.78 is 30.6. The van der Waals surface area contributed by atoms with Gasteiger partial charge >= 0.3 is 0 Å². The third kappa shape index (κ3) is 3.08. The van der Waals surface area contributed by atoms with Gasteiger partial charge in [0.05, 0.1) is 17.7 Å². The summed E-state index contributed by atoms with van der Waals surface area (Å²) >= 11 is 0. The first-order valence-electron chi connectivity index (χ1n) is 7.53. The minimum Gasteiger partial charge on any atom is -0.497 e. The van der Waals surface area contributed by atoms with Crippen LogP contribution in [0.3, 0.4) is 0 Å². The molecule has 0 amide bonds. The highest BCUT2D eigenvalue weighted by molar-refractivity contribution is 7.90. The second-order valence-electron chi connectivity index (χ2n) is 5.69. The lowest BCUT2D eigenvalue weighted by Crippen LogP contribution is -2.00. The second-order valence-corrected chi connectivity index (χ2v) is 7.71. The highest BCUT2D eigenvalue weighted by Crippen LogP contribution is 2.28. The minimum atomic E-state index is -3.19. The van der Waals surface area contributed by atoms with E-state index in [4.69, 9.17) is 4.74 Å². The van der Waals surface area contributed by atoms with Gasteiger partial charge in [-0.1, -0.05) is 12.1 Å². The van der Waals surface area contributed by atoms with E-state index in [2.05, 4.69) is 4.57 Å². The van der Waals surface area contributed by atoms with E-state index in [9.17, 15) is 8.42 Å². The molecule has 0 unspecified atom stereocenters. The molecule has 0 saturated carbocycles. The van der Waals surface area contributed by atoms with E-state index < -0.39 is 9.84 Å². The summed E-state index contributed by atoms with van der Waals surface area (Å²) in [5.41, 5.74) is 4.10. The number of benzene rings is 2. The van der Waals surface area contributed by atoms with E-state index in [1.54, 1.807) is 19.2 Å². The van der Waals surface area contributed by atoms with Crippen LogP contribution in [0, 0.1) is 6.92 Å². The van der Waals surface area contributed by atoms with Crippen LogP contribution in [-0.2, 0) is 9.84 Å². The van der Waals surface area contributed by atoms with Gasteiger partial charge in [-0.15, -0.1) is 0 Å². The molecule has 24 heavy (non-hydrogen) atoms. The third-order valence-corrected chi connectivity index (χ3v) is 5.11. The minimum absolute atomic E-state index is 0.325. The Hall–Kier alpha value is -2.53.